The highest BCUT2D eigenvalue weighted by Gasteiger charge is 2.21. The molecule has 0 spiro atoms. The van der Waals surface area contributed by atoms with Gasteiger partial charge in [0.25, 0.3) is 6.43 Å². The van der Waals surface area contributed by atoms with Crippen molar-refractivity contribution < 1.29 is 13.5 Å². The molecule has 0 unspecified atom stereocenters. The Labute approximate surface area is 153 Å². The lowest BCUT2D eigenvalue weighted by Crippen LogP contribution is -2.31. The smallest absolute Gasteiger partial charge is 0.272 e. The summed E-state index contributed by atoms with van der Waals surface area (Å²) >= 11 is 4.81. The second-order valence-corrected chi connectivity index (χ2v) is 7.12. The third kappa shape index (κ3) is 5.72. The van der Waals surface area contributed by atoms with E-state index < -0.39 is 13.0 Å². The minimum absolute atomic E-state index is 0.303. The molecule has 2 aromatic rings. The zero-order valence-electron chi connectivity index (χ0n) is 13.4. The SMILES string of the molecule is CC(C)(NSc1cccc(OCC(F)F)c1)c1ccc(CBr)nc1. The molecular weight excluding hydrogens is 398 g/mol. The second kappa shape index (κ2) is 8.78. The minimum Gasteiger partial charge on any atom is -0.488 e. The maximum absolute atomic E-state index is 12.2. The van der Waals surface area contributed by atoms with Crippen LogP contribution in [0.3, 0.4) is 0 Å². The van der Waals surface area contributed by atoms with Gasteiger partial charge in [0.1, 0.15) is 12.4 Å². The molecule has 0 aliphatic carbocycles. The highest BCUT2D eigenvalue weighted by molar-refractivity contribution is 9.08. The first-order chi connectivity index (χ1) is 11.4. The molecule has 1 heterocycles. The number of nitrogens with zero attached hydrogens (tertiary/aromatic N) is 1. The van der Waals surface area contributed by atoms with Gasteiger partial charge < -0.3 is 4.74 Å². The average molecular weight is 417 g/mol. The van der Waals surface area contributed by atoms with E-state index in [9.17, 15) is 8.78 Å². The Morgan fingerprint density at radius 3 is 2.71 bits per heavy atom. The zero-order valence-corrected chi connectivity index (χ0v) is 15.8. The molecule has 7 heteroatoms. The first-order valence-corrected chi connectivity index (χ1v) is 9.31. The van der Waals surface area contributed by atoms with Crippen molar-refractivity contribution in [2.45, 2.75) is 36.0 Å². The monoisotopic (exact) mass is 416 g/mol. The van der Waals surface area contributed by atoms with Gasteiger partial charge in [-0.1, -0.05) is 28.1 Å². The summed E-state index contributed by atoms with van der Waals surface area (Å²) in [6.07, 6.45) is -0.625. The van der Waals surface area contributed by atoms with Crippen LogP contribution < -0.4 is 9.46 Å². The van der Waals surface area contributed by atoms with Crippen molar-refractivity contribution in [1.82, 2.24) is 9.71 Å². The quantitative estimate of drug-likeness (QED) is 0.476. The van der Waals surface area contributed by atoms with Crippen LogP contribution in [0.4, 0.5) is 8.78 Å². The maximum atomic E-state index is 12.2. The maximum Gasteiger partial charge on any atom is 0.272 e. The predicted octanol–water partition coefficient (Wildman–Crippen LogP) is 5.15. The van der Waals surface area contributed by atoms with E-state index in [1.165, 1.54) is 11.9 Å². The van der Waals surface area contributed by atoms with Crippen LogP contribution in [0.1, 0.15) is 25.1 Å². The van der Waals surface area contributed by atoms with Crippen LogP contribution in [0.15, 0.2) is 47.5 Å². The van der Waals surface area contributed by atoms with Gasteiger partial charge >= 0.3 is 0 Å². The Hall–Kier alpha value is -1.18. The highest BCUT2D eigenvalue weighted by Crippen LogP contribution is 2.27. The van der Waals surface area contributed by atoms with Gasteiger partial charge in [0.05, 0.1) is 5.69 Å². The van der Waals surface area contributed by atoms with Crippen LogP contribution >= 0.6 is 27.9 Å². The van der Waals surface area contributed by atoms with Crippen molar-refractivity contribution in [3.8, 4) is 5.75 Å². The number of nitrogens with one attached hydrogen (secondary N) is 1. The summed E-state index contributed by atoms with van der Waals surface area (Å²) in [6, 6.07) is 11.1. The molecule has 0 aliphatic heterocycles. The number of rotatable bonds is 8. The molecule has 0 bridgehead atoms. The number of hydrogen-bond acceptors (Lipinski definition) is 4. The molecule has 1 N–H and O–H groups in total. The minimum atomic E-state index is -2.48. The van der Waals surface area contributed by atoms with Gasteiger partial charge in [-0.25, -0.2) is 13.5 Å². The van der Waals surface area contributed by atoms with Gasteiger partial charge in [-0.05, 0) is 55.6 Å². The van der Waals surface area contributed by atoms with E-state index in [1.54, 1.807) is 18.2 Å². The normalized spacial score (nSPS) is 11.8. The van der Waals surface area contributed by atoms with Crippen LogP contribution in [-0.2, 0) is 10.9 Å². The van der Waals surface area contributed by atoms with Gasteiger partial charge in [-0.3, -0.25) is 4.98 Å². The van der Waals surface area contributed by atoms with Crippen LogP contribution in [0, 0.1) is 0 Å². The first kappa shape index (κ1) is 19.1. The highest BCUT2D eigenvalue weighted by atomic mass is 79.9. The van der Waals surface area contributed by atoms with E-state index >= 15 is 0 Å². The van der Waals surface area contributed by atoms with Crippen molar-refractivity contribution in [2.75, 3.05) is 6.61 Å². The summed E-state index contributed by atoms with van der Waals surface area (Å²) < 4.78 is 32.9. The predicted molar refractivity (Wildman–Crippen MR) is 96.8 cm³/mol. The van der Waals surface area contributed by atoms with Crippen LogP contribution in [0.25, 0.3) is 0 Å². The van der Waals surface area contributed by atoms with Crippen LogP contribution in [0.5, 0.6) is 5.75 Å². The average Bonchev–Trinajstić information content (AvgIpc) is 2.59. The molecule has 2 rings (SSSR count). The lowest BCUT2D eigenvalue weighted by molar-refractivity contribution is 0.0818. The van der Waals surface area contributed by atoms with E-state index in [1.807, 2.05) is 24.4 Å². The van der Waals surface area contributed by atoms with Gasteiger partial charge in [-0.15, -0.1) is 0 Å². The number of benzene rings is 1. The van der Waals surface area contributed by atoms with E-state index in [0.29, 0.717) is 5.75 Å². The Bertz CT molecular complexity index is 653. The number of aromatic nitrogens is 1. The lowest BCUT2D eigenvalue weighted by Gasteiger charge is -2.26. The van der Waals surface area contributed by atoms with Crippen molar-refractivity contribution in [3.05, 3.63) is 53.9 Å². The van der Waals surface area contributed by atoms with Crippen molar-refractivity contribution in [2.24, 2.45) is 0 Å². The van der Waals surface area contributed by atoms with Gasteiger partial charge in [-0.2, -0.15) is 0 Å². The Morgan fingerprint density at radius 2 is 2.08 bits per heavy atom. The molecule has 0 saturated heterocycles. The molecule has 0 amide bonds. The molecule has 24 heavy (non-hydrogen) atoms. The number of pyridine rings is 1. The molecule has 0 aliphatic rings. The number of halogens is 3. The Morgan fingerprint density at radius 1 is 1.29 bits per heavy atom. The van der Waals surface area contributed by atoms with Crippen molar-refractivity contribution >= 4 is 27.9 Å². The van der Waals surface area contributed by atoms with Crippen LogP contribution in [0.2, 0.25) is 0 Å². The lowest BCUT2D eigenvalue weighted by atomic mass is 9.97. The van der Waals surface area contributed by atoms with E-state index in [-0.39, 0.29) is 5.54 Å². The fraction of sp³-hybridized carbons (Fsp3) is 0.353. The number of alkyl halides is 3. The molecular formula is C17H19BrF2N2OS. The standard InChI is InChI=1S/C17H19BrF2N2OS/c1-17(2,12-6-7-13(9-18)21-10-12)22-24-15-5-3-4-14(8-15)23-11-16(19)20/h3-8,10,16,22H,9,11H2,1-2H3. The third-order valence-electron chi connectivity index (χ3n) is 3.29. The van der Waals surface area contributed by atoms with Crippen molar-refractivity contribution in [3.63, 3.8) is 0 Å². The molecule has 3 nitrogen and oxygen atoms in total. The fourth-order valence-electron chi connectivity index (χ4n) is 1.91. The van der Waals surface area contributed by atoms with E-state index in [2.05, 4.69) is 39.5 Å². The summed E-state index contributed by atoms with van der Waals surface area (Å²) in [5.74, 6) is 0.434. The summed E-state index contributed by atoms with van der Waals surface area (Å²) in [5.41, 5.74) is 1.73. The fourth-order valence-corrected chi connectivity index (χ4v) is 3.05. The second-order valence-electron chi connectivity index (χ2n) is 5.68. The molecule has 0 radical (unpaired) electrons. The van der Waals surface area contributed by atoms with Gasteiger partial charge in [0.15, 0.2) is 0 Å². The molecule has 130 valence electrons. The molecule has 0 atom stereocenters. The third-order valence-corrected chi connectivity index (χ3v) is 4.97. The summed E-state index contributed by atoms with van der Waals surface area (Å²) in [5, 5.41) is 0.724. The van der Waals surface area contributed by atoms with Crippen molar-refractivity contribution in [1.29, 1.82) is 0 Å². The summed E-state index contributed by atoms with van der Waals surface area (Å²) in [7, 11) is 0. The zero-order chi connectivity index (χ0) is 17.6. The molecule has 1 aromatic heterocycles. The number of ether oxygens (including phenoxy) is 1. The van der Waals surface area contributed by atoms with Gasteiger partial charge in [0, 0.05) is 22.0 Å². The first-order valence-electron chi connectivity index (χ1n) is 7.37. The van der Waals surface area contributed by atoms with E-state index in [4.69, 9.17) is 4.74 Å². The largest absolute Gasteiger partial charge is 0.488 e. The summed E-state index contributed by atoms with van der Waals surface area (Å²) in [4.78, 5) is 5.28. The summed E-state index contributed by atoms with van der Waals surface area (Å²) in [6.45, 7) is 3.52. The number of hydrogen-bond donors (Lipinski definition) is 1. The van der Waals surface area contributed by atoms with E-state index in [0.717, 1.165) is 21.5 Å². The van der Waals surface area contributed by atoms with Crippen LogP contribution in [-0.4, -0.2) is 18.0 Å². The van der Waals surface area contributed by atoms with Gasteiger partial charge in [0.2, 0.25) is 0 Å². The Balaban J connectivity index is 1.99. The molecule has 0 fully saturated rings. The molecule has 1 aromatic carbocycles. The Kier molecular flexibility index (Phi) is 7.01. The topological polar surface area (TPSA) is 34.1 Å². The molecule has 0 saturated carbocycles.